The number of carbonyl (C=O) groups is 1. The summed E-state index contributed by atoms with van der Waals surface area (Å²) in [4.78, 5) is 14.0. The Hall–Kier alpha value is -0.780. The molecule has 0 unspecified atom stereocenters. The van der Waals surface area contributed by atoms with Crippen LogP contribution in [0.15, 0.2) is 36.4 Å². The van der Waals surface area contributed by atoms with Crippen molar-refractivity contribution in [3.63, 3.8) is 0 Å². The summed E-state index contributed by atoms with van der Waals surface area (Å²) in [5.41, 5.74) is 2.95. The Morgan fingerprint density at radius 1 is 1.15 bits per heavy atom. The zero-order valence-electron chi connectivity index (χ0n) is 10.4. The van der Waals surface area contributed by atoms with Gasteiger partial charge in [-0.15, -0.1) is 0 Å². The Balaban J connectivity index is 1.94. The van der Waals surface area contributed by atoms with E-state index in [9.17, 15) is 4.79 Å². The number of anilines is 1. The topological polar surface area (TPSA) is 20.3 Å². The lowest BCUT2D eigenvalue weighted by Crippen LogP contribution is -2.26. The Labute approximate surface area is 140 Å². The van der Waals surface area contributed by atoms with Gasteiger partial charge in [-0.05, 0) is 64.0 Å². The third-order valence-corrected chi connectivity index (χ3v) is 4.58. The van der Waals surface area contributed by atoms with E-state index < -0.39 is 0 Å². The van der Waals surface area contributed by atoms with Crippen LogP contribution < -0.4 is 4.90 Å². The Morgan fingerprint density at radius 2 is 1.95 bits per heavy atom. The highest BCUT2D eigenvalue weighted by atomic mass is 127. The smallest absolute Gasteiger partial charge is 0.231 e. The molecule has 1 aliphatic rings. The van der Waals surface area contributed by atoms with Crippen LogP contribution in [0.4, 0.5) is 5.69 Å². The van der Waals surface area contributed by atoms with Crippen LogP contribution in [-0.4, -0.2) is 5.91 Å². The molecule has 2 aromatic carbocycles. The molecule has 2 aromatic rings. The maximum absolute atomic E-state index is 12.2. The van der Waals surface area contributed by atoms with Crippen LogP contribution in [0.25, 0.3) is 0 Å². The Bertz CT molecular complexity index is 702. The molecule has 0 bridgehead atoms. The van der Waals surface area contributed by atoms with Crippen molar-refractivity contribution >= 4 is 57.4 Å². The average Bonchev–Trinajstić information content (AvgIpc) is 2.68. The van der Waals surface area contributed by atoms with Crippen LogP contribution in [0.1, 0.15) is 11.1 Å². The lowest BCUT2D eigenvalue weighted by molar-refractivity contribution is -0.117. The van der Waals surface area contributed by atoms with Crippen LogP contribution in [0.2, 0.25) is 10.0 Å². The molecular formula is C15H10Cl2INO. The molecule has 3 rings (SSSR count). The lowest BCUT2D eigenvalue weighted by atomic mass is 10.1. The van der Waals surface area contributed by atoms with Gasteiger partial charge in [-0.2, -0.15) is 0 Å². The first-order valence-corrected chi connectivity index (χ1v) is 7.91. The summed E-state index contributed by atoms with van der Waals surface area (Å²) in [6.07, 6.45) is 0.456. The fraction of sp³-hybridized carbons (Fsp3) is 0.133. The van der Waals surface area contributed by atoms with Gasteiger partial charge in [0.05, 0.1) is 13.0 Å². The van der Waals surface area contributed by atoms with Gasteiger partial charge in [-0.1, -0.05) is 29.3 Å². The molecule has 2 nitrogen and oxygen atoms in total. The largest absolute Gasteiger partial charge is 0.307 e. The van der Waals surface area contributed by atoms with E-state index in [1.807, 2.05) is 18.2 Å². The fourth-order valence-corrected chi connectivity index (χ4v) is 3.37. The van der Waals surface area contributed by atoms with E-state index in [1.54, 1.807) is 17.0 Å². The summed E-state index contributed by atoms with van der Waals surface area (Å²) in [6, 6.07) is 11.4. The maximum Gasteiger partial charge on any atom is 0.231 e. The summed E-state index contributed by atoms with van der Waals surface area (Å²) in [5, 5.41) is 1.19. The van der Waals surface area contributed by atoms with Crippen molar-refractivity contribution in [3.8, 4) is 0 Å². The molecule has 20 heavy (non-hydrogen) atoms. The average molecular weight is 418 g/mol. The second kappa shape index (κ2) is 5.54. The first-order valence-electron chi connectivity index (χ1n) is 6.07. The highest BCUT2D eigenvalue weighted by Crippen LogP contribution is 2.33. The SMILES string of the molecule is O=C1Cc2cc(I)ccc2N1Cc1ccc(Cl)cc1Cl. The minimum Gasteiger partial charge on any atom is -0.307 e. The Morgan fingerprint density at radius 3 is 2.70 bits per heavy atom. The maximum atomic E-state index is 12.2. The van der Waals surface area contributed by atoms with Crippen molar-refractivity contribution in [2.24, 2.45) is 0 Å². The second-order valence-corrected chi connectivity index (χ2v) is 6.75. The van der Waals surface area contributed by atoms with Gasteiger partial charge in [0, 0.05) is 19.3 Å². The van der Waals surface area contributed by atoms with E-state index in [4.69, 9.17) is 23.2 Å². The van der Waals surface area contributed by atoms with Crippen LogP contribution in [-0.2, 0) is 17.8 Å². The first kappa shape index (κ1) is 14.2. The van der Waals surface area contributed by atoms with Gasteiger partial charge < -0.3 is 4.90 Å². The van der Waals surface area contributed by atoms with Crippen molar-refractivity contribution in [2.75, 3.05) is 4.90 Å². The lowest BCUT2D eigenvalue weighted by Gasteiger charge is -2.18. The van der Waals surface area contributed by atoms with Crippen molar-refractivity contribution in [2.45, 2.75) is 13.0 Å². The number of amides is 1. The predicted octanol–water partition coefficient (Wildman–Crippen LogP) is 4.69. The van der Waals surface area contributed by atoms with Crippen molar-refractivity contribution in [1.82, 2.24) is 0 Å². The van der Waals surface area contributed by atoms with E-state index >= 15 is 0 Å². The van der Waals surface area contributed by atoms with Gasteiger partial charge in [0.25, 0.3) is 0 Å². The third-order valence-electron chi connectivity index (χ3n) is 3.32. The number of benzene rings is 2. The molecule has 0 saturated carbocycles. The first-order chi connectivity index (χ1) is 9.54. The summed E-state index contributed by atoms with van der Waals surface area (Å²) >= 11 is 14.3. The molecule has 0 aromatic heterocycles. The summed E-state index contributed by atoms with van der Waals surface area (Å²) < 4.78 is 1.14. The summed E-state index contributed by atoms with van der Waals surface area (Å²) in [5.74, 6) is 0.105. The van der Waals surface area contributed by atoms with Crippen molar-refractivity contribution in [1.29, 1.82) is 0 Å². The zero-order chi connectivity index (χ0) is 14.3. The fourth-order valence-electron chi connectivity index (χ4n) is 2.35. The van der Waals surface area contributed by atoms with Crippen molar-refractivity contribution in [3.05, 3.63) is 61.1 Å². The Kier molecular flexibility index (Phi) is 3.93. The monoisotopic (exact) mass is 417 g/mol. The molecule has 1 heterocycles. The molecule has 102 valence electrons. The molecule has 0 N–H and O–H groups in total. The quantitative estimate of drug-likeness (QED) is 0.649. The summed E-state index contributed by atoms with van der Waals surface area (Å²) in [6.45, 7) is 0.475. The number of hydrogen-bond acceptors (Lipinski definition) is 1. The number of rotatable bonds is 2. The minimum atomic E-state index is 0.105. The zero-order valence-corrected chi connectivity index (χ0v) is 14.0. The highest BCUT2D eigenvalue weighted by Gasteiger charge is 2.27. The van der Waals surface area contributed by atoms with Crippen LogP contribution >= 0.6 is 45.8 Å². The van der Waals surface area contributed by atoms with Gasteiger partial charge >= 0.3 is 0 Å². The molecule has 0 spiro atoms. The van der Waals surface area contributed by atoms with E-state index in [-0.39, 0.29) is 5.91 Å². The number of nitrogens with zero attached hydrogens (tertiary/aromatic N) is 1. The number of carbonyl (C=O) groups excluding carboxylic acids is 1. The molecule has 0 radical (unpaired) electrons. The molecular weight excluding hydrogens is 408 g/mol. The van der Waals surface area contributed by atoms with E-state index in [2.05, 4.69) is 28.7 Å². The molecule has 1 amide bonds. The van der Waals surface area contributed by atoms with Gasteiger partial charge in [0.15, 0.2) is 0 Å². The molecule has 5 heteroatoms. The number of halogens is 3. The normalized spacial score (nSPS) is 13.8. The minimum absolute atomic E-state index is 0.105. The summed E-state index contributed by atoms with van der Waals surface area (Å²) in [7, 11) is 0. The van der Waals surface area contributed by atoms with Gasteiger partial charge in [-0.25, -0.2) is 0 Å². The highest BCUT2D eigenvalue weighted by molar-refractivity contribution is 14.1. The molecule has 1 aliphatic heterocycles. The molecule has 0 aliphatic carbocycles. The van der Waals surface area contributed by atoms with Gasteiger partial charge in [0.1, 0.15) is 0 Å². The van der Waals surface area contributed by atoms with E-state index in [1.165, 1.54) is 0 Å². The van der Waals surface area contributed by atoms with Crippen molar-refractivity contribution < 1.29 is 4.79 Å². The second-order valence-electron chi connectivity index (χ2n) is 4.67. The predicted molar refractivity (Wildman–Crippen MR) is 90.5 cm³/mol. The standard InChI is InChI=1S/C15H10Cl2INO/c16-11-2-1-9(13(17)7-11)8-19-14-4-3-12(18)5-10(14)6-15(19)20/h1-5,7H,6,8H2. The number of hydrogen-bond donors (Lipinski definition) is 0. The van der Waals surface area contributed by atoms with Gasteiger partial charge in [0.2, 0.25) is 5.91 Å². The molecule has 0 saturated heterocycles. The van der Waals surface area contributed by atoms with Crippen LogP contribution in [0.5, 0.6) is 0 Å². The molecule has 0 atom stereocenters. The number of fused-ring (bicyclic) bond motifs is 1. The van der Waals surface area contributed by atoms with Crippen LogP contribution in [0.3, 0.4) is 0 Å². The third kappa shape index (κ3) is 2.67. The van der Waals surface area contributed by atoms with E-state index in [0.717, 1.165) is 20.4 Å². The van der Waals surface area contributed by atoms with Crippen LogP contribution in [0, 0.1) is 3.57 Å². The van der Waals surface area contributed by atoms with E-state index in [0.29, 0.717) is 23.0 Å². The van der Waals surface area contributed by atoms with Gasteiger partial charge in [-0.3, -0.25) is 4.79 Å². The molecule has 0 fully saturated rings.